The van der Waals surface area contributed by atoms with Crippen molar-refractivity contribution in [2.75, 3.05) is 31.5 Å². The van der Waals surface area contributed by atoms with Crippen molar-refractivity contribution in [3.63, 3.8) is 0 Å². The fourth-order valence-electron chi connectivity index (χ4n) is 2.19. The average Bonchev–Trinajstić information content (AvgIpc) is 2.78. The fraction of sp³-hybridized carbons (Fsp3) is 0.538. The molecule has 0 spiro atoms. The molecule has 1 aliphatic rings. The summed E-state index contributed by atoms with van der Waals surface area (Å²) in [5, 5.41) is 3.31. The molecule has 0 atom stereocenters. The van der Waals surface area contributed by atoms with Gasteiger partial charge in [-0.1, -0.05) is 0 Å². The Morgan fingerprint density at radius 1 is 1.35 bits per heavy atom. The van der Waals surface area contributed by atoms with Gasteiger partial charge >= 0.3 is 0 Å². The third-order valence-corrected chi connectivity index (χ3v) is 3.82. The summed E-state index contributed by atoms with van der Waals surface area (Å²) in [4.78, 5) is 2.44. The zero-order chi connectivity index (χ0) is 12.3. The maximum absolute atomic E-state index is 13.4. The fourth-order valence-corrected chi connectivity index (χ4v) is 2.65. The lowest BCUT2D eigenvalue weighted by atomic mass is 10.2. The molecular weight excluding hydrogens is 283 g/mol. The summed E-state index contributed by atoms with van der Waals surface area (Å²) in [6, 6.07) is 3.37. The first-order valence-electron chi connectivity index (χ1n) is 6.08. The topological polar surface area (TPSA) is 15.3 Å². The van der Waals surface area contributed by atoms with Crippen LogP contribution in [0.3, 0.4) is 0 Å². The Morgan fingerprint density at radius 3 is 2.76 bits per heavy atom. The van der Waals surface area contributed by atoms with Crippen LogP contribution in [0.15, 0.2) is 16.6 Å². The van der Waals surface area contributed by atoms with E-state index >= 15 is 0 Å². The Hall–Kier alpha value is -0.610. The Balaban J connectivity index is 1.87. The second-order valence-corrected chi connectivity index (χ2v) is 5.41. The molecule has 0 radical (unpaired) electrons. The number of nitrogens with one attached hydrogen (secondary N) is 1. The highest BCUT2D eigenvalue weighted by Gasteiger charge is 2.11. The third-order valence-electron chi connectivity index (χ3n) is 3.21. The van der Waals surface area contributed by atoms with Crippen molar-refractivity contribution >= 4 is 21.6 Å². The number of hydrogen-bond acceptors (Lipinski definition) is 2. The number of aryl methyl sites for hydroxylation is 1. The highest BCUT2D eigenvalue weighted by molar-refractivity contribution is 9.10. The van der Waals surface area contributed by atoms with Gasteiger partial charge in [-0.25, -0.2) is 4.39 Å². The predicted octanol–water partition coefficient (Wildman–Crippen LogP) is 3.40. The van der Waals surface area contributed by atoms with Gasteiger partial charge in [0.15, 0.2) is 0 Å². The summed E-state index contributed by atoms with van der Waals surface area (Å²) in [5.41, 5.74) is 1.96. The molecule has 1 aliphatic heterocycles. The molecule has 0 unspecified atom stereocenters. The number of halogens is 2. The predicted molar refractivity (Wildman–Crippen MR) is 73.0 cm³/mol. The van der Waals surface area contributed by atoms with Crippen LogP contribution in [-0.4, -0.2) is 31.1 Å². The number of benzene rings is 1. The lowest BCUT2D eigenvalue weighted by Crippen LogP contribution is -2.26. The van der Waals surface area contributed by atoms with Crippen LogP contribution in [0.2, 0.25) is 0 Å². The third kappa shape index (κ3) is 3.42. The van der Waals surface area contributed by atoms with E-state index in [1.807, 2.05) is 13.0 Å². The molecule has 1 aromatic rings. The van der Waals surface area contributed by atoms with Crippen LogP contribution in [-0.2, 0) is 0 Å². The van der Waals surface area contributed by atoms with E-state index in [0.29, 0.717) is 4.47 Å². The van der Waals surface area contributed by atoms with Crippen molar-refractivity contribution in [3.05, 3.63) is 28.0 Å². The van der Waals surface area contributed by atoms with Gasteiger partial charge in [-0.15, -0.1) is 0 Å². The standard InChI is InChI=1S/C13H18BrFN2/c1-10-8-11(14)12(15)9-13(10)16-4-7-17-5-2-3-6-17/h8-9,16H,2-7H2,1H3. The van der Waals surface area contributed by atoms with Crippen molar-refractivity contribution in [3.8, 4) is 0 Å². The van der Waals surface area contributed by atoms with Crippen molar-refractivity contribution in [1.82, 2.24) is 4.90 Å². The molecule has 1 fully saturated rings. The smallest absolute Gasteiger partial charge is 0.139 e. The van der Waals surface area contributed by atoms with Crippen LogP contribution in [0.5, 0.6) is 0 Å². The van der Waals surface area contributed by atoms with E-state index in [4.69, 9.17) is 0 Å². The van der Waals surface area contributed by atoms with E-state index in [0.717, 1.165) is 24.3 Å². The maximum Gasteiger partial charge on any atom is 0.139 e. The maximum atomic E-state index is 13.4. The molecule has 1 heterocycles. The van der Waals surface area contributed by atoms with Crippen molar-refractivity contribution in [2.45, 2.75) is 19.8 Å². The Morgan fingerprint density at radius 2 is 2.06 bits per heavy atom. The first kappa shape index (κ1) is 12.8. The second kappa shape index (κ2) is 5.83. The van der Waals surface area contributed by atoms with Crippen LogP contribution in [0.4, 0.5) is 10.1 Å². The molecule has 94 valence electrons. The number of rotatable bonds is 4. The van der Waals surface area contributed by atoms with E-state index in [1.165, 1.54) is 25.9 Å². The van der Waals surface area contributed by atoms with Crippen molar-refractivity contribution in [1.29, 1.82) is 0 Å². The lowest BCUT2D eigenvalue weighted by Gasteiger charge is -2.16. The average molecular weight is 301 g/mol. The number of hydrogen-bond donors (Lipinski definition) is 1. The number of likely N-dealkylation sites (tertiary alicyclic amines) is 1. The Bertz CT molecular complexity index is 389. The molecule has 2 nitrogen and oxygen atoms in total. The van der Waals surface area contributed by atoms with E-state index in [9.17, 15) is 4.39 Å². The van der Waals surface area contributed by atoms with Crippen LogP contribution >= 0.6 is 15.9 Å². The van der Waals surface area contributed by atoms with Gasteiger partial charge in [-0.05, 0) is 66.5 Å². The molecular formula is C13H18BrFN2. The van der Waals surface area contributed by atoms with E-state index in [-0.39, 0.29) is 5.82 Å². The zero-order valence-electron chi connectivity index (χ0n) is 10.1. The first-order valence-corrected chi connectivity index (χ1v) is 6.88. The van der Waals surface area contributed by atoms with E-state index in [1.54, 1.807) is 6.07 Å². The van der Waals surface area contributed by atoms with Gasteiger partial charge in [0.1, 0.15) is 5.82 Å². The van der Waals surface area contributed by atoms with Gasteiger partial charge in [0.25, 0.3) is 0 Å². The largest absolute Gasteiger partial charge is 0.383 e. The summed E-state index contributed by atoms with van der Waals surface area (Å²) < 4.78 is 13.9. The summed E-state index contributed by atoms with van der Waals surface area (Å²) in [6.07, 6.45) is 2.62. The molecule has 0 aromatic heterocycles. The van der Waals surface area contributed by atoms with Crippen LogP contribution in [0.1, 0.15) is 18.4 Å². The van der Waals surface area contributed by atoms with E-state index in [2.05, 4.69) is 26.1 Å². The molecule has 0 aliphatic carbocycles. The highest BCUT2D eigenvalue weighted by Crippen LogP contribution is 2.23. The Kier molecular flexibility index (Phi) is 4.40. The number of anilines is 1. The first-order chi connectivity index (χ1) is 8.16. The molecule has 2 rings (SSSR count). The highest BCUT2D eigenvalue weighted by atomic mass is 79.9. The molecule has 1 aromatic carbocycles. The SMILES string of the molecule is Cc1cc(Br)c(F)cc1NCCN1CCCC1. The van der Waals surface area contributed by atoms with Crippen LogP contribution < -0.4 is 5.32 Å². The molecule has 17 heavy (non-hydrogen) atoms. The van der Waals surface area contributed by atoms with Crippen molar-refractivity contribution < 1.29 is 4.39 Å². The van der Waals surface area contributed by atoms with Crippen LogP contribution in [0.25, 0.3) is 0 Å². The molecule has 1 saturated heterocycles. The molecule has 4 heteroatoms. The minimum absolute atomic E-state index is 0.209. The normalized spacial score (nSPS) is 16.4. The number of nitrogens with zero attached hydrogens (tertiary/aromatic N) is 1. The molecule has 1 N–H and O–H groups in total. The summed E-state index contributed by atoms with van der Waals surface area (Å²) in [7, 11) is 0. The van der Waals surface area contributed by atoms with Crippen molar-refractivity contribution in [2.24, 2.45) is 0 Å². The molecule has 0 saturated carbocycles. The minimum atomic E-state index is -0.209. The monoisotopic (exact) mass is 300 g/mol. The molecule has 0 amide bonds. The van der Waals surface area contributed by atoms with Gasteiger partial charge in [-0.2, -0.15) is 0 Å². The van der Waals surface area contributed by atoms with Gasteiger partial charge in [-0.3, -0.25) is 0 Å². The Labute approximate surface area is 110 Å². The lowest BCUT2D eigenvalue weighted by molar-refractivity contribution is 0.352. The van der Waals surface area contributed by atoms with Gasteiger partial charge in [0.05, 0.1) is 4.47 Å². The van der Waals surface area contributed by atoms with E-state index < -0.39 is 0 Å². The van der Waals surface area contributed by atoms with Gasteiger partial charge in [0, 0.05) is 18.8 Å². The molecule has 0 bridgehead atoms. The zero-order valence-corrected chi connectivity index (χ0v) is 11.7. The summed E-state index contributed by atoms with van der Waals surface area (Å²) in [5.74, 6) is -0.209. The minimum Gasteiger partial charge on any atom is -0.383 e. The quantitative estimate of drug-likeness (QED) is 0.917. The van der Waals surface area contributed by atoms with Gasteiger partial charge in [0.2, 0.25) is 0 Å². The summed E-state index contributed by atoms with van der Waals surface area (Å²) in [6.45, 7) is 6.31. The second-order valence-electron chi connectivity index (χ2n) is 4.56. The summed E-state index contributed by atoms with van der Waals surface area (Å²) >= 11 is 3.19. The van der Waals surface area contributed by atoms with Crippen LogP contribution in [0, 0.1) is 12.7 Å². The van der Waals surface area contributed by atoms with Gasteiger partial charge < -0.3 is 10.2 Å².